The highest BCUT2D eigenvalue weighted by atomic mass is 35.5. The monoisotopic (exact) mass is 406 g/mol. The van der Waals surface area contributed by atoms with Crippen molar-refractivity contribution in [3.8, 4) is 11.5 Å². The number of hydrogen-bond acceptors (Lipinski definition) is 7. The van der Waals surface area contributed by atoms with Gasteiger partial charge in [0.2, 0.25) is 6.29 Å². The lowest BCUT2D eigenvalue weighted by molar-refractivity contribution is -0.177. The summed E-state index contributed by atoms with van der Waals surface area (Å²) in [6.07, 6.45) is 1.10. The summed E-state index contributed by atoms with van der Waals surface area (Å²) >= 11 is 6.23. The van der Waals surface area contributed by atoms with Gasteiger partial charge < -0.3 is 28.4 Å². The van der Waals surface area contributed by atoms with Crippen LogP contribution in [0.25, 0.3) is 0 Å². The predicted molar refractivity (Wildman–Crippen MR) is 97.2 cm³/mol. The molecule has 0 saturated carbocycles. The van der Waals surface area contributed by atoms with Gasteiger partial charge >= 0.3 is 0 Å². The van der Waals surface area contributed by atoms with Crippen LogP contribution >= 0.6 is 11.6 Å². The Morgan fingerprint density at radius 3 is 2.68 bits per heavy atom. The maximum atomic E-state index is 13.5. The molecule has 8 heteroatoms. The molecule has 0 radical (unpaired) electrons. The zero-order valence-corrected chi connectivity index (χ0v) is 16.3. The van der Waals surface area contributed by atoms with E-state index in [1.807, 2.05) is 6.08 Å². The average molecular weight is 407 g/mol. The molecule has 1 aromatic rings. The Kier molecular flexibility index (Phi) is 4.08. The third-order valence-electron chi connectivity index (χ3n) is 5.68. The molecule has 0 spiro atoms. The third kappa shape index (κ3) is 2.33. The molecule has 3 heterocycles. The number of hydrogen-bond donors (Lipinski definition) is 0. The fraction of sp³-hybridized carbons (Fsp3) is 0.450. The zero-order chi connectivity index (χ0) is 19.6. The summed E-state index contributed by atoms with van der Waals surface area (Å²) in [5, 5.41) is 0.353. The third-order valence-corrected chi connectivity index (χ3v) is 5.98. The summed E-state index contributed by atoms with van der Waals surface area (Å²) in [5.41, 5.74) is 1.17. The Bertz CT molecular complexity index is 921. The van der Waals surface area contributed by atoms with Gasteiger partial charge in [-0.15, -0.1) is 0 Å². The van der Waals surface area contributed by atoms with E-state index in [1.54, 1.807) is 26.4 Å². The van der Waals surface area contributed by atoms with Crippen molar-refractivity contribution in [2.24, 2.45) is 11.8 Å². The second kappa shape index (κ2) is 6.40. The van der Waals surface area contributed by atoms with Gasteiger partial charge in [0.05, 0.1) is 25.2 Å². The highest BCUT2D eigenvalue weighted by Gasteiger charge is 2.54. The van der Waals surface area contributed by atoms with Crippen molar-refractivity contribution in [2.75, 3.05) is 21.3 Å². The van der Waals surface area contributed by atoms with Gasteiger partial charge in [0.1, 0.15) is 34.9 Å². The molecule has 148 valence electrons. The first-order valence-corrected chi connectivity index (χ1v) is 9.37. The minimum atomic E-state index is -0.646. The Labute approximate surface area is 166 Å². The van der Waals surface area contributed by atoms with E-state index in [-0.39, 0.29) is 18.0 Å². The number of ketones is 1. The lowest BCUT2D eigenvalue weighted by atomic mass is 9.79. The van der Waals surface area contributed by atoms with Gasteiger partial charge in [-0.1, -0.05) is 11.6 Å². The first kappa shape index (κ1) is 17.8. The number of carbonyl (C=O) groups excluding carboxylic acids is 1. The zero-order valence-electron chi connectivity index (χ0n) is 15.6. The molecule has 2 saturated heterocycles. The molecule has 3 aliphatic heterocycles. The van der Waals surface area contributed by atoms with Crippen molar-refractivity contribution in [3.63, 3.8) is 0 Å². The molecule has 0 bridgehead atoms. The molecule has 0 amide bonds. The Hall–Kier alpha value is -2.22. The topological polar surface area (TPSA) is 72.5 Å². The number of fused-ring (bicyclic) bond motifs is 5. The molecule has 5 rings (SSSR count). The fourth-order valence-corrected chi connectivity index (χ4v) is 4.72. The van der Waals surface area contributed by atoms with Gasteiger partial charge in [-0.05, 0) is 18.2 Å². The number of rotatable bonds is 3. The van der Waals surface area contributed by atoms with Crippen molar-refractivity contribution < 1.29 is 33.2 Å². The molecule has 0 N–H and O–H groups in total. The van der Waals surface area contributed by atoms with Gasteiger partial charge in [0, 0.05) is 19.1 Å². The van der Waals surface area contributed by atoms with E-state index >= 15 is 0 Å². The van der Waals surface area contributed by atoms with E-state index in [1.165, 1.54) is 7.11 Å². The number of Topliss-reactive ketones (excluding diaryl/α,β-unsaturated/α-hetero) is 1. The van der Waals surface area contributed by atoms with Crippen molar-refractivity contribution in [1.82, 2.24) is 0 Å². The molecule has 4 aliphatic rings. The van der Waals surface area contributed by atoms with Crippen LogP contribution < -0.4 is 9.47 Å². The van der Waals surface area contributed by atoms with Crippen LogP contribution in [-0.4, -0.2) is 45.8 Å². The molecule has 5 atom stereocenters. The van der Waals surface area contributed by atoms with Crippen LogP contribution in [0.2, 0.25) is 5.02 Å². The van der Waals surface area contributed by atoms with E-state index in [2.05, 4.69) is 0 Å². The number of ether oxygens (including phenoxy) is 6. The molecule has 2 unspecified atom stereocenters. The molecular formula is C20H19ClO7. The van der Waals surface area contributed by atoms with Gasteiger partial charge in [-0.3, -0.25) is 4.79 Å². The molecule has 1 aliphatic carbocycles. The lowest BCUT2D eigenvalue weighted by Gasteiger charge is -2.35. The Morgan fingerprint density at radius 2 is 1.96 bits per heavy atom. The largest absolute Gasteiger partial charge is 0.500 e. The summed E-state index contributed by atoms with van der Waals surface area (Å²) < 4.78 is 34.3. The van der Waals surface area contributed by atoms with E-state index < -0.39 is 18.3 Å². The van der Waals surface area contributed by atoms with E-state index in [0.717, 1.165) is 5.57 Å². The maximum Gasteiger partial charge on any atom is 0.209 e. The SMILES string of the molecule is COC1=C2C(=CC3Oc4ccc(Cl)c(OC)c4C(=O)C13)O[C@H]1O[C@@H](OC)C[C@@H]21. The molecule has 1 aromatic carbocycles. The summed E-state index contributed by atoms with van der Waals surface area (Å²) in [6.45, 7) is 0. The van der Waals surface area contributed by atoms with Crippen LogP contribution in [0.1, 0.15) is 16.8 Å². The van der Waals surface area contributed by atoms with Crippen molar-refractivity contribution >= 4 is 17.4 Å². The standard InChI is InChI=1S/C20H19ClO7/c1-23-13-6-8-14-11(27-20(8)28-13)7-12-16(19(14)25-3)17(22)15-10(26-12)5-4-9(21)18(15)24-2/h4-5,7-8,12-13,16,20H,6H2,1-3H3/t8-,12?,13+,16?,20-/m0/s1. The second-order valence-corrected chi connectivity index (χ2v) is 7.43. The number of allylic oxidation sites excluding steroid dienone is 1. The number of methoxy groups -OCH3 is 3. The number of benzene rings is 1. The maximum absolute atomic E-state index is 13.5. The number of carbonyl (C=O) groups is 1. The summed E-state index contributed by atoms with van der Waals surface area (Å²) in [7, 11) is 4.62. The van der Waals surface area contributed by atoms with E-state index in [9.17, 15) is 4.79 Å². The summed E-state index contributed by atoms with van der Waals surface area (Å²) in [5.74, 6) is 1.04. The smallest absolute Gasteiger partial charge is 0.209 e. The first-order chi connectivity index (χ1) is 13.6. The van der Waals surface area contributed by atoms with Gasteiger partial charge in [0.25, 0.3) is 0 Å². The van der Waals surface area contributed by atoms with Gasteiger partial charge in [-0.25, -0.2) is 0 Å². The van der Waals surface area contributed by atoms with Crippen LogP contribution in [0.15, 0.2) is 35.3 Å². The van der Waals surface area contributed by atoms with Crippen molar-refractivity contribution in [1.29, 1.82) is 0 Å². The second-order valence-electron chi connectivity index (χ2n) is 7.02. The Morgan fingerprint density at radius 1 is 1.14 bits per heavy atom. The highest BCUT2D eigenvalue weighted by molar-refractivity contribution is 6.33. The van der Waals surface area contributed by atoms with Gasteiger partial charge in [-0.2, -0.15) is 0 Å². The average Bonchev–Trinajstić information content (AvgIpc) is 3.24. The molecule has 0 aromatic heterocycles. The van der Waals surface area contributed by atoms with Crippen LogP contribution in [-0.2, 0) is 18.9 Å². The van der Waals surface area contributed by atoms with Crippen LogP contribution in [0.4, 0.5) is 0 Å². The molecule has 2 fully saturated rings. The summed E-state index contributed by atoms with van der Waals surface area (Å²) in [4.78, 5) is 13.5. The lowest BCUT2D eigenvalue weighted by Crippen LogP contribution is -2.41. The molecular weight excluding hydrogens is 388 g/mol. The van der Waals surface area contributed by atoms with Crippen LogP contribution in [0.5, 0.6) is 11.5 Å². The minimum absolute atomic E-state index is 0.0671. The normalized spacial score (nSPS) is 32.5. The summed E-state index contributed by atoms with van der Waals surface area (Å²) in [6, 6.07) is 3.32. The Balaban J connectivity index is 1.62. The number of halogens is 1. The van der Waals surface area contributed by atoms with Crippen LogP contribution in [0, 0.1) is 11.8 Å². The predicted octanol–water partition coefficient (Wildman–Crippen LogP) is 3.07. The fourth-order valence-electron chi connectivity index (χ4n) is 4.48. The van der Waals surface area contributed by atoms with E-state index in [4.69, 9.17) is 40.0 Å². The highest BCUT2D eigenvalue weighted by Crippen LogP contribution is 2.52. The van der Waals surface area contributed by atoms with E-state index in [0.29, 0.717) is 40.0 Å². The first-order valence-electron chi connectivity index (χ1n) is 8.99. The van der Waals surface area contributed by atoms with Crippen molar-refractivity contribution in [3.05, 3.63) is 45.9 Å². The minimum Gasteiger partial charge on any atom is -0.500 e. The molecule has 7 nitrogen and oxygen atoms in total. The van der Waals surface area contributed by atoms with Crippen molar-refractivity contribution in [2.45, 2.75) is 25.1 Å². The molecule has 28 heavy (non-hydrogen) atoms. The quantitative estimate of drug-likeness (QED) is 0.763. The van der Waals surface area contributed by atoms with Crippen LogP contribution in [0.3, 0.4) is 0 Å². The van der Waals surface area contributed by atoms with Gasteiger partial charge in [0.15, 0.2) is 17.8 Å².